The summed E-state index contributed by atoms with van der Waals surface area (Å²) in [5.41, 5.74) is 0.481. The second-order valence-electron chi connectivity index (χ2n) is 6.08. The van der Waals surface area contributed by atoms with Gasteiger partial charge in [0.15, 0.2) is 18.1 Å². The average Bonchev–Trinajstić information content (AvgIpc) is 2.69. The number of fused-ring (bicyclic) bond motifs is 1. The van der Waals surface area contributed by atoms with E-state index in [0.29, 0.717) is 22.0 Å². The summed E-state index contributed by atoms with van der Waals surface area (Å²) >= 11 is 0. The second kappa shape index (κ2) is 7.83. The Hall–Kier alpha value is -3.81. The smallest absolute Gasteiger partial charge is 0.359 e. The second-order valence-corrected chi connectivity index (χ2v) is 6.08. The quantitative estimate of drug-likeness (QED) is 0.536. The van der Waals surface area contributed by atoms with Crippen molar-refractivity contribution < 1.29 is 19.1 Å². The third kappa shape index (κ3) is 3.96. The standard InChI is InChI=1S/C20H17N3O5/c1-12(24)13-6-5-7-14(10-13)21-17(25)11-28-20(27)18-15-8-3-4-9-16(15)19(26)23(2)22-18/h3-10H,11H2,1-2H3,(H,21,25). The van der Waals surface area contributed by atoms with Crippen LogP contribution in [0.15, 0.2) is 53.3 Å². The highest BCUT2D eigenvalue weighted by molar-refractivity contribution is 6.03. The van der Waals surface area contributed by atoms with Gasteiger partial charge >= 0.3 is 5.97 Å². The molecular weight excluding hydrogens is 362 g/mol. The van der Waals surface area contributed by atoms with Crippen LogP contribution < -0.4 is 10.9 Å². The van der Waals surface area contributed by atoms with Crippen molar-refractivity contribution in [1.82, 2.24) is 9.78 Å². The number of hydrogen-bond donors (Lipinski definition) is 1. The number of amides is 1. The highest BCUT2D eigenvalue weighted by atomic mass is 16.5. The van der Waals surface area contributed by atoms with Crippen molar-refractivity contribution >= 4 is 34.1 Å². The topological polar surface area (TPSA) is 107 Å². The molecule has 0 saturated carbocycles. The molecule has 1 heterocycles. The number of hydrogen-bond acceptors (Lipinski definition) is 6. The molecule has 0 radical (unpaired) electrons. The zero-order valence-electron chi connectivity index (χ0n) is 15.3. The van der Waals surface area contributed by atoms with E-state index in [1.807, 2.05) is 0 Å². The normalized spacial score (nSPS) is 10.5. The summed E-state index contributed by atoms with van der Waals surface area (Å²) in [6.07, 6.45) is 0. The SMILES string of the molecule is CC(=O)c1cccc(NC(=O)COC(=O)c2nn(C)c(=O)c3ccccc23)c1. The highest BCUT2D eigenvalue weighted by Crippen LogP contribution is 2.14. The van der Waals surface area contributed by atoms with E-state index in [0.717, 1.165) is 4.68 Å². The molecule has 0 aliphatic carbocycles. The third-order valence-electron chi connectivity index (χ3n) is 4.04. The minimum absolute atomic E-state index is 0.0518. The number of benzene rings is 2. The maximum absolute atomic E-state index is 12.4. The number of esters is 1. The Bertz CT molecular complexity index is 1150. The molecule has 0 unspecified atom stereocenters. The molecule has 0 fully saturated rings. The first-order chi connectivity index (χ1) is 13.4. The number of carbonyl (C=O) groups is 3. The van der Waals surface area contributed by atoms with Crippen LogP contribution in [-0.4, -0.2) is 34.0 Å². The van der Waals surface area contributed by atoms with Gasteiger partial charge in [0.2, 0.25) is 0 Å². The largest absolute Gasteiger partial charge is 0.451 e. The van der Waals surface area contributed by atoms with E-state index in [1.54, 1.807) is 42.5 Å². The predicted octanol–water partition coefficient (Wildman–Crippen LogP) is 1.93. The number of ether oxygens (including phenoxy) is 1. The lowest BCUT2D eigenvalue weighted by Crippen LogP contribution is -2.26. The van der Waals surface area contributed by atoms with Crippen molar-refractivity contribution in [3.8, 4) is 0 Å². The summed E-state index contributed by atoms with van der Waals surface area (Å²) in [4.78, 5) is 48.0. The fourth-order valence-electron chi connectivity index (χ4n) is 2.66. The first kappa shape index (κ1) is 19.0. The molecule has 8 heteroatoms. The molecule has 8 nitrogen and oxygen atoms in total. The first-order valence-electron chi connectivity index (χ1n) is 8.41. The lowest BCUT2D eigenvalue weighted by molar-refractivity contribution is -0.119. The maximum Gasteiger partial charge on any atom is 0.359 e. The van der Waals surface area contributed by atoms with E-state index in [-0.39, 0.29) is 17.0 Å². The Morgan fingerprint density at radius 2 is 1.79 bits per heavy atom. The molecular formula is C20H17N3O5. The molecule has 0 aliphatic rings. The molecule has 1 N–H and O–H groups in total. The van der Waals surface area contributed by atoms with E-state index in [9.17, 15) is 19.2 Å². The average molecular weight is 379 g/mol. The molecule has 0 spiro atoms. The minimum Gasteiger partial charge on any atom is -0.451 e. The van der Waals surface area contributed by atoms with E-state index >= 15 is 0 Å². The van der Waals surface area contributed by atoms with Gasteiger partial charge in [0.25, 0.3) is 11.5 Å². The van der Waals surface area contributed by atoms with Gasteiger partial charge in [-0.3, -0.25) is 14.4 Å². The van der Waals surface area contributed by atoms with Crippen molar-refractivity contribution in [2.75, 3.05) is 11.9 Å². The van der Waals surface area contributed by atoms with Gasteiger partial charge in [0.05, 0.1) is 5.39 Å². The molecule has 1 amide bonds. The Balaban J connectivity index is 1.73. The third-order valence-corrected chi connectivity index (χ3v) is 4.04. The molecule has 0 atom stereocenters. The van der Waals surface area contributed by atoms with Crippen LogP contribution in [0.25, 0.3) is 10.8 Å². The van der Waals surface area contributed by atoms with Gasteiger partial charge in [-0.25, -0.2) is 9.48 Å². The number of rotatable bonds is 5. The monoisotopic (exact) mass is 379 g/mol. The van der Waals surface area contributed by atoms with Crippen LogP contribution in [0.3, 0.4) is 0 Å². The summed E-state index contributed by atoms with van der Waals surface area (Å²) in [7, 11) is 1.43. The Morgan fingerprint density at radius 1 is 1.07 bits per heavy atom. The zero-order chi connectivity index (χ0) is 20.3. The molecule has 0 aliphatic heterocycles. The zero-order valence-corrected chi connectivity index (χ0v) is 15.3. The molecule has 2 aromatic carbocycles. The van der Waals surface area contributed by atoms with Crippen molar-refractivity contribution in [2.24, 2.45) is 7.05 Å². The number of nitrogens with one attached hydrogen (secondary N) is 1. The minimum atomic E-state index is -0.820. The molecule has 0 saturated heterocycles. The van der Waals surface area contributed by atoms with E-state index in [2.05, 4.69) is 10.4 Å². The van der Waals surface area contributed by atoms with Crippen LogP contribution in [-0.2, 0) is 16.6 Å². The Kier molecular flexibility index (Phi) is 5.30. The van der Waals surface area contributed by atoms with Crippen molar-refractivity contribution in [3.63, 3.8) is 0 Å². The van der Waals surface area contributed by atoms with E-state index < -0.39 is 18.5 Å². The van der Waals surface area contributed by atoms with E-state index in [1.165, 1.54) is 20.0 Å². The summed E-state index contributed by atoms with van der Waals surface area (Å²) < 4.78 is 6.09. The van der Waals surface area contributed by atoms with E-state index in [4.69, 9.17) is 4.74 Å². The van der Waals surface area contributed by atoms with Gasteiger partial charge in [0.1, 0.15) is 0 Å². The van der Waals surface area contributed by atoms with Crippen LogP contribution in [0.2, 0.25) is 0 Å². The maximum atomic E-state index is 12.4. The highest BCUT2D eigenvalue weighted by Gasteiger charge is 2.18. The number of ketones is 1. The summed E-state index contributed by atoms with van der Waals surface area (Å²) in [6.45, 7) is 0.884. The van der Waals surface area contributed by atoms with Crippen LogP contribution in [0.1, 0.15) is 27.8 Å². The lowest BCUT2D eigenvalue weighted by atomic mass is 10.1. The predicted molar refractivity (Wildman–Crippen MR) is 102 cm³/mol. The lowest BCUT2D eigenvalue weighted by Gasteiger charge is -2.09. The van der Waals surface area contributed by atoms with Gasteiger partial charge in [-0.1, -0.05) is 30.3 Å². The Labute approximate surface area is 159 Å². The summed E-state index contributed by atoms with van der Waals surface area (Å²) in [5, 5.41) is 7.19. The van der Waals surface area contributed by atoms with Crippen molar-refractivity contribution in [1.29, 1.82) is 0 Å². The number of nitrogens with zero attached hydrogens (tertiary/aromatic N) is 2. The summed E-state index contributed by atoms with van der Waals surface area (Å²) in [6, 6.07) is 13.0. The Morgan fingerprint density at radius 3 is 2.50 bits per heavy atom. The molecule has 28 heavy (non-hydrogen) atoms. The van der Waals surface area contributed by atoms with Crippen LogP contribution in [0.5, 0.6) is 0 Å². The van der Waals surface area contributed by atoms with Gasteiger partial charge in [-0.2, -0.15) is 5.10 Å². The number of carbonyl (C=O) groups excluding carboxylic acids is 3. The fraction of sp³-hybridized carbons (Fsp3) is 0.150. The fourth-order valence-corrected chi connectivity index (χ4v) is 2.66. The number of Topliss-reactive ketones (excluding diaryl/α,β-unsaturated/α-hetero) is 1. The molecule has 142 valence electrons. The van der Waals surface area contributed by atoms with Crippen LogP contribution in [0, 0.1) is 0 Å². The van der Waals surface area contributed by atoms with Crippen LogP contribution >= 0.6 is 0 Å². The first-order valence-corrected chi connectivity index (χ1v) is 8.41. The van der Waals surface area contributed by atoms with Crippen molar-refractivity contribution in [3.05, 3.63) is 70.1 Å². The van der Waals surface area contributed by atoms with Gasteiger partial charge in [-0.05, 0) is 25.1 Å². The molecule has 0 bridgehead atoms. The number of anilines is 1. The van der Waals surface area contributed by atoms with Gasteiger partial charge < -0.3 is 10.1 Å². The number of aromatic nitrogens is 2. The van der Waals surface area contributed by atoms with Gasteiger partial charge in [-0.15, -0.1) is 0 Å². The van der Waals surface area contributed by atoms with Crippen molar-refractivity contribution in [2.45, 2.75) is 6.92 Å². The molecule has 3 rings (SSSR count). The number of aryl methyl sites for hydroxylation is 1. The van der Waals surface area contributed by atoms with Gasteiger partial charge in [0, 0.05) is 23.7 Å². The molecule has 1 aromatic heterocycles. The van der Waals surface area contributed by atoms with Crippen LogP contribution in [0.4, 0.5) is 5.69 Å². The summed E-state index contributed by atoms with van der Waals surface area (Å²) in [5.74, 6) is -1.52. The molecule has 3 aromatic rings.